The molecule has 1 saturated carbocycles. The Hall–Kier alpha value is -1.64. The van der Waals surface area contributed by atoms with Gasteiger partial charge in [-0.05, 0) is 36.3 Å². The molecule has 1 saturated heterocycles. The van der Waals surface area contributed by atoms with E-state index in [9.17, 15) is 5.11 Å². The quantitative estimate of drug-likeness (QED) is 0.908. The molecule has 4 rings (SSSR count). The van der Waals surface area contributed by atoms with E-state index in [2.05, 4.69) is 5.32 Å². The third-order valence-electron chi connectivity index (χ3n) is 5.54. The predicted molar refractivity (Wildman–Crippen MR) is 88.6 cm³/mol. The van der Waals surface area contributed by atoms with Crippen LogP contribution in [-0.4, -0.2) is 17.2 Å². The van der Waals surface area contributed by atoms with Crippen LogP contribution in [0.15, 0.2) is 60.7 Å². The van der Waals surface area contributed by atoms with E-state index in [1.54, 1.807) is 0 Å². The third kappa shape index (κ3) is 2.18. The van der Waals surface area contributed by atoms with Gasteiger partial charge < -0.3 is 10.4 Å². The molecule has 1 aliphatic heterocycles. The molecule has 0 radical (unpaired) electrons. The Morgan fingerprint density at radius 1 is 0.864 bits per heavy atom. The Bertz CT molecular complexity index is 573. The zero-order valence-electron chi connectivity index (χ0n) is 12.8. The van der Waals surface area contributed by atoms with Gasteiger partial charge in [-0.25, -0.2) is 0 Å². The standard InChI is InChI=1S/C20H23NO/c22-20(16-9-3-1-4-10-16,17-11-5-2-6-12-17)19-14-15-8-7-13-18(15)21-19/h1-6,9-12,15,18-19,21-22H,7-8,13-14H2. The van der Waals surface area contributed by atoms with Crippen molar-refractivity contribution in [3.63, 3.8) is 0 Å². The van der Waals surface area contributed by atoms with Crippen molar-refractivity contribution in [2.75, 3.05) is 0 Å². The van der Waals surface area contributed by atoms with Gasteiger partial charge >= 0.3 is 0 Å². The Labute approximate surface area is 132 Å². The maximum Gasteiger partial charge on any atom is 0.130 e. The number of nitrogens with one attached hydrogen (secondary N) is 1. The van der Waals surface area contributed by atoms with Gasteiger partial charge in [-0.1, -0.05) is 67.1 Å². The molecule has 1 aliphatic carbocycles. The Morgan fingerprint density at radius 3 is 2.00 bits per heavy atom. The van der Waals surface area contributed by atoms with Gasteiger partial charge in [-0.2, -0.15) is 0 Å². The molecule has 114 valence electrons. The summed E-state index contributed by atoms with van der Waals surface area (Å²) in [6.07, 6.45) is 4.93. The monoisotopic (exact) mass is 293 g/mol. The smallest absolute Gasteiger partial charge is 0.130 e. The predicted octanol–water partition coefficient (Wildman–Crippen LogP) is 3.45. The summed E-state index contributed by atoms with van der Waals surface area (Å²) in [6.45, 7) is 0. The first kappa shape index (κ1) is 14.0. The molecule has 22 heavy (non-hydrogen) atoms. The lowest BCUT2D eigenvalue weighted by molar-refractivity contribution is 0.0410. The average molecular weight is 293 g/mol. The van der Waals surface area contributed by atoms with Crippen LogP contribution in [0.1, 0.15) is 36.8 Å². The summed E-state index contributed by atoms with van der Waals surface area (Å²) < 4.78 is 0. The second-order valence-electron chi connectivity index (χ2n) is 6.75. The number of fused-ring (bicyclic) bond motifs is 1. The van der Waals surface area contributed by atoms with Crippen LogP contribution >= 0.6 is 0 Å². The first-order chi connectivity index (χ1) is 10.8. The van der Waals surface area contributed by atoms with Gasteiger partial charge in [-0.15, -0.1) is 0 Å². The first-order valence-corrected chi connectivity index (χ1v) is 8.38. The molecule has 2 N–H and O–H groups in total. The minimum Gasteiger partial charge on any atom is -0.379 e. The second-order valence-corrected chi connectivity index (χ2v) is 6.75. The molecule has 1 heterocycles. The number of benzene rings is 2. The Morgan fingerprint density at radius 2 is 1.45 bits per heavy atom. The molecule has 0 spiro atoms. The molecule has 2 heteroatoms. The van der Waals surface area contributed by atoms with E-state index in [1.165, 1.54) is 19.3 Å². The lowest BCUT2D eigenvalue weighted by Gasteiger charge is -2.36. The van der Waals surface area contributed by atoms with Crippen molar-refractivity contribution in [1.82, 2.24) is 5.32 Å². The van der Waals surface area contributed by atoms with Crippen LogP contribution in [0.25, 0.3) is 0 Å². The molecule has 0 aromatic heterocycles. The fourth-order valence-corrected chi connectivity index (χ4v) is 4.41. The van der Waals surface area contributed by atoms with Gasteiger partial charge in [0.05, 0.1) is 0 Å². The number of hydrogen-bond acceptors (Lipinski definition) is 2. The lowest BCUT2D eigenvalue weighted by atomic mass is 9.78. The minimum atomic E-state index is -0.952. The molecule has 2 aliphatic rings. The summed E-state index contributed by atoms with van der Waals surface area (Å²) in [6, 6.07) is 20.9. The maximum atomic E-state index is 11.7. The molecule has 2 aromatic rings. The van der Waals surface area contributed by atoms with Crippen LogP contribution in [-0.2, 0) is 5.60 Å². The largest absolute Gasteiger partial charge is 0.379 e. The highest BCUT2D eigenvalue weighted by Gasteiger charge is 2.48. The molecule has 0 bridgehead atoms. The molecule has 2 nitrogen and oxygen atoms in total. The fraction of sp³-hybridized carbons (Fsp3) is 0.400. The lowest BCUT2D eigenvalue weighted by Crippen LogP contribution is -2.47. The fourth-order valence-electron chi connectivity index (χ4n) is 4.41. The number of hydrogen-bond donors (Lipinski definition) is 2. The highest BCUT2D eigenvalue weighted by molar-refractivity contribution is 5.38. The van der Waals surface area contributed by atoms with E-state index < -0.39 is 5.60 Å². The van der Waals surface area contributed by atoms with Crippen LogP contribution in [0.5, 0.6) is 0 Å². The summed E-state index contributed by atoms with van der Waals surface area (Å²) in [5.41, 5.74) is 1.02. The Balaban J connectivity index is 1.76. The molecular formula is C20H23NO. The van der Waals surface area contributed by atoms with Crippen molar-refractivity contribution in [3.05, 3.63) is 71.8 Å². The van der Waals surface area contributed by atoms with Crippen molar-refractivity contribution in [2.45, 2.75) is 43.4 Å². The second kappa shape index (κ2) is 5.53. The van der Waals surface area contributed by atoms with Crippen molar-refractivity contribution in [2.24, 2.45) is 5.92 Å². The highest BCUT2D eigenvalue weighted by Crippen LogP contribution is 2.43. The third-order valence-corrected chi connectivity index (χ3v) is 5.54. The highest BCUT2D eigenvalue weighted by atomic mass is 16.3. The average Bonchev–Trinajstić information content (AvgIpc) is 3.18. The van der Waals surface area contributed by atoms with Crippen molar-refractivity contribution in [3.8, 4) is 0 Å². The summed E-state index contributed by atoms with van der Waals surface area (Å²) in [5.74, 6) is 0.726. The summed E-state index contributed by atoms with van der Waals surface area (Å²) >= 11 is 0. The van der Waals surface area contributed by atoms with E-state index in [1.807, 2.05) is 60.7 Å². The van der Waals surface area contributed by atoms with Crippen LogP contribution in [0.2, 0.25) is 0 Å². The molecule has 3 unspecified atom stereocenters. The van der Waals surface area contributed by atoms with Crippen LogP contribution in [0.3, 0.4) is 0 Å². The molecule has 3 atom stereocenters. The summed E-state index contributed by atoms with van der Waals surface area (Å²) in [4.78, 5) is 0. The SMILES string of the molecule is OC(c1ccccc1)(c1ccccc1)C1CC2CCCC2N1. The Kier molecular flexibility index (Phi) is 3.51. The van der Waals surface area contributed by atoms with E-state index in [0.29, 0.717) is 6.04 Å². The zero-order chi connectivity index (χ0) is 15.0. The summed E-state index contributed by atoms with van der Waals surface area (Å²) in [5, 5.41) is 15.5. The van der Waals surface area contributed by atoms with Crippen molar-refractivity contribution >= 4 is 0 Å². The molecular weight excluding hydrogens is 270 g/mol. The van der Waals surface area contributed by atoms with E-state index in [-0.39, 0.29) is 6.04 Å². The van der Waals surface area contributed by atoms with Crippen LogP contribution < -0.4 is 5.32 Å². The summed E-state index contributed by atoms with van der Waals surface area (Å²) in [7, 11) is 0. The van der Waals surface area contributed by atoms with Crippen molar-refractivity contribution in [1.29, 1.82) is 0 Å². The van der Waals surface area contributed by atoms with E-state index in [0.717, 1.165) is 23.5 Å². The van der Waals surface area contributed by atoms with Gasteiger partial charge in [0.2, 0.25) is 0 Å². The molecule has 2 aromatic carbocycles. The van der Waals surface area contributed by atoms with Gasteiger partial charge in [0, 0.05) is 12.1 Å². The van der Waals surface area contributed by atoms with Crippen LogP contribution in [0.4, 0.5) is 0 Å². The first-order valence-electron chi connectivity index (χ1n) is 8.38. The van der Waals surface area contributed by atoms with Gasteiger partial charge in [-0.3, -0.25) is 0 Å². The van der Waals surface area contributed by atoms with Gasteiger partial charge in [0.25, 0.3) is 0 Å². The minimum absolute atomic E-state index is 0.0904. The van der Waals surface area contributed by atoms with Crippen LogP contribution in [0, 0.1) is 5.92 Å². The zero-order valence-corrected chi connectivity index (χ0v) is 12.8. The maximum absolute atomic E-state index is 11.7. The number of aliphatic hydroxyl groups is 1. The molecule has 2 fully saturated rings. The normalized spacial score (nSPS) is 27.8. The van der Waals surface area contributed by atoms with Gasteiger partial charge in [0.15, 0.2) is 0 Å². The topological polar surface area (TPSA) is 32.3 Å². The molecule has 0 amide bonds. The number of rotatable bonds is 3. The van der Waals surface area contributed by atoms with Gasteiger partial charge in [0.1, 0.15) is 5.60 Å². The van der Waals surface area contributed by atoms with E-state index in [4.69, 9.17) is 0 Å². The van der Waals surface area contributed by atoms with E-state index >= 15 is 0 Å². The van der Waals surface area contributed by atoms with Crippen molar-refractivity contribution < 1.29 is 5.11 Å².